The van der Waals surface area contributed by atoms with E-state index in [1.54, 1.807) is 28.9 Å². The summed E-state index contributed by atoms with van der Waals surface area (Å²) < 4.78 is 2.93. The Bertz CT molecular complexity index is 751. The van der Waals surface area contributed by atoms with Crippen molar-refractivity contribution in [2.45, 2.75) is 59.2 Å². The number of likely N-dealkylation sites (N-methyl/N-ethyl adjacent to an activating group) is 1. The van der Waals surface area contributed by atoms with Crippen LogP contribution in [0.2, 0.25) is 0 Å². The molecule has 0 aromatic carbocycles. The largest absolute Gasteiger partial charge is 0.346 e. The Morgan fingerprint density at radius 3 is 2.56 bits per heavy atom. The van der Waals surface area contributed by atoms with Crippen LogP contribution < -0.4 is 5.69 Å². The summed E-state index contributed by atoms with van der Waals surface area (Å²) in [6, 6.07) is 3.67. The minimum atomic E-state index is -0.216. The van der Waals surface area contributed by atoms with Gasteiger partial charge < -0.3 is 4.90 Å². The smallest absolute Gasteiger partial charge is 0.337 e. The Labute approximate surface area is 148 Å². The molecule has 7 nitrogen and oxygen atoms in total. The molecule has 0 bridgehead atoms. The fourth-order valence-electron chi connectivity index (χ4n) is 2.75. The first-order chi connectivity index (χ1) is 12.0. The summed E-state index contributed by atoms with van der Waals surface area (Å²) in [6.45, 7) is 6.49. The van der Waals surface area contributed by atoms with Crippen molar-refractivity contribution in [3.63, 3.8) is 0 Å². The van der Waals surface area contributed by atoms with Crippen molar-refractivity contribution < 1.29 is 4.79 Å². The van der Waals surface area contributed by atoms with E-state index in [2.05, 4.69) is 17.0 Å². The molecule has 136 valence electrons. The topological polar surface area (TPSA) is 73.0 Å². The van der Waals surface area contributed by atoms with Crippen LogP contribution in [0.25, 0.3) is 0 Å². The van der Waals surface area contributed by atoms with Gasteiger partial charge in [-0.05, 0) is 38.0 Å². The lowest BCUT2D eigenvalue weighted by atomic mass is 10.1. The maximum Gasteiger partial charge on any atom is 0.346 e. The Balaban J connectivity index is 2.14. The summed E-state index contributed by atoms with van der Waals surface area (Å²) in [7, 11) is 1.74. The van der Waals surface area contributed by atoms with E-state index in [1.165, 1.54) is 4.68 Å². The molecule has 0 N–H and O–H groups in total. The second-order valence-electron chi connectivity index (χ2n) is 6.17. The zero-order valence-electron chi connectivity index (χ0n) is 15.5. The summed E-state index contributed by atoms with van der Waals surface area (Å²) in [5.74, 6) is 0.612. The second-order valence-corrected chi connectivity index (χ2v) is 6.17. The number of aromatic nitrogens is 4. The molecule has 0 aliphatic carbocycles. The summed E-state index contributed by atoms with van der Waals surface area (Å²) in [6.07, 6.45) is 6.18. The van der Waals surface area contributed by atoms with E-state index in [-0.39, 0.29) is 24.2 Å². The number of carbonyl (C=O) groups excluding carboxylic acids is 1. The van der Waals surface area contributed by atoms with Crippen LogP contribution in [-0.4, -0.2) is 37.2 Å². The van der Waals surface area contributed by atoms with Gasteiger partial charge in [-0.1, -0.05) is 13.3 Å². The molecule has 2 rings (SSSR count). The van der Waals surface area contributed by atoms with Gasteiger partial charge in [0.1, 0.15) is 12.4 Å². The fourth-order valence-corrected chi connectivity index (χ4v) is 2.75. The number of carbonyl (C=O) groups is 1. The molecular weight excluding hydrogens is 318 g/mol. The SMILES string of the molecule is CCCCc1nn(CC(=O)N(C)[C@H](C)c2ccncc2)c(=O)n1CC. The van der Waals surface area contributed by atoms with Crippen molar-refractivity contribution >= 4 is 5.91 Å². The van der Waals surface area contributed by atoms with Gasteiger partial charge in [-0.2, -0.15) is 5.10 Å². The summed E-state index contributed by atoms with van der Waals surface area (Å²) >= 11 is 0. The van der Waals surface area contributed by atoms with Crippen molar-refractivity contribution in [2.24, 2.45) is 0 Å². The number of nitrogens with zero attached hydrogens (tertiary/aromatic N) is 5. The van der Waals surface area contributed by atoms with Crippen molar-refractivity contribution in [1.29, 1.82) is 0 Å². The van der Waals surface area contributed by atoms with E-state index in [4.69, 9.17) is 0 Å². The average Bonchev–Trinajstić information content (AvgIpc) is 2.93. The molecule has 0 saturated heterocycles. The van der Waals surface area contributed by atoms with Crippen molar-refractivity contribution in [2.75, 3.05) is 7.05 Å². The molecule has 1 amide bonds. The summed E-state index contributed by atoms with van der Waals surface area (Å²) in [5.41, 5.74) is 0.785. The predicted octanol–water partition coefficient (Wildman–Crippen LogP) is 2.02. The Kier molecular flexibility index (Phi) is 6.50. The third kappa shape index (κ3) is 4.35. The molecule has 0 saturated carbocycles. The van der Waals surface area contributed by atoms with Gasteiger partial charge >= 0.3 is 5.69 Å². The molecule has 1 atom stereocenters. The van der Waals surface area contributed by atoms with E-state index < -0.39 is 0 Å². The van der Waals surface area contributed by atoms with E-state index in [0.717, 1.165) is 30.7 Å². The van der Waals surface area contributed by atoms with Crippen LogP contribution in [0.5, 0.6) is 0 Å². The monoisotopic (exact) mass is 345 g/mol. The minimum Gasteiger partial charge on any atom is -0.337 e. The highest BCUT2D eigenvalue weighted by molar-refractivity contribution is 5.76. The quantitative estimate of drug-likeness (QED) is 0.734. The molecule has 0 fully saturated rings. The molecule has 0 aliphatic heterocycles. The van der Waals surface area contributed by atoms with Gasteiger partial charge in [0.2, 0.25) is 5.91 Å². The van der Waals surface area contributed by atoms with Gasteiger partial charge in [0.25, 0.3) is 0 Å². The van der Waals surface area contributed by atoms with Crippen LogP contribution in [0.4, 0.5) is 0 Å². The lowest BCUT2D eigenvalue weighted by Crippen LogP contribution is -2.36. The number of aryl methyl sites for hydroxylation is 1. The minimum absolute atomic E-state index is 0.0448. The maximum atomic E-state index is 12.6. The highest BCUT2D eigenvalue weighted by Gasteiger charge is 2.20. The van der Waals surface area contributed by atoms with Crippen molar-refractivity contribution in [3.8, 4) is 0 Å². The van der Waals surface area contributed by atoms with Crippen molar-refractivity contribution in [3.05, 3.63) is 46.4 Å². The standard InChI is InChI=1S/C18H27N5O2/c1-5-7-8-16-20-23(18(25)22(16)6-2)13-17(24)21(4)14(3)15-9-11-19-12-10-15/h9-12,14H,5-8,13H2,1-4H3/t14-/m1/s1. The first-order valence-corrected chi connectivity index (χ1v) is 8.81. The number of unbranched alkanes of at least 4 members (excludes halogenated alkanes) is 1. The van der Waals surface area contributed by atoms with Gasteiger partial charge in [-0.3, -0.25) is 14.3 Å². The highest BCUT2D eigenvalue weighted by atomic mass is 16.2. The van der Waals surface area contributed by atoms with E-state index in [0.29, 0.717) is 6.54 Å². The van der Waals surface area contributed by atoms with Gasteiger partial charge in [-0.25, -0.2) is 9.48 Å². The van der Waals surface area contributed by atoms with E-state index in [1.807, 2.05) is 26.0 Å². The van der Waals surface area contributed by atoms with E-state index in [9.17, 15) is 9.59 Å². The molecular formula is C18H27N5O2. The molecule has 0 radical (unpaired) electrons. The first kappa shape index (κ1) is 18.9. The molecule has 0 spiro atoms. The summed E-state index contributed by atoms with van der Waals surface area (Å²) in [5, 5.41) is 4.38. The number of hydrogen-bond donors (Lipinski definition) is 0. The first-order valence-electron chi connectivity index (χ1n) is 8.81. The lowest BCUT2D eigenvalue weighted by Gasteiger charge is -2.25. The van der Waals surface area contributed by atoms with Crippen LogP contribution in [0.1, 0.15) is 51.0 Å². The third-order valence-electron chi connectivity index (χ3n) is 4.52. The van der Waals surface area contributed by atoms with Gasteiger partial charge in [0, 0.05) is 32.4 Å². The summed E-state index contributed by atoms with van der Waals surface area (Å²) in [4.78, 5) is 30.7. The molecule has 7 heteroatoms. The zero-order valence-corrected chi connectivity index (χ0v) is 15.5. The highest BCUT2D eigenvalue weighted by Crippen LogP contribution is 2.17. The zero-order chi connectivity index (χ0) is 18.4. The Morgan fingerprint density at radius 1 is 1.28 bits per heavy atom. The van der Waals surface area contributed by atoms with Gasteiger partial charge in [-0.15, -0.1) is 0 Å². The molecule has 2 heterocycles. The van der Waals surface area contributed by atoms with Crippen LogP contribution in [0.15, 0.2) is 29.3 Å². The number of amides is 1. The Hall–Kier alpha value is -2.44. The Morgan fingerprint density at radius 2 is 1.96 bits per heavy atom. The number of pyridine rings is 1. The van der Waals surface area contributed by atoms with Crippen molar-refractivity contribution in [1.82, 2.24) is 24.2 Å². The molecule has 2 aromatic rings. The second kappa shape index (κ2) is 8.60. The van der Waals surface area contributed by atoms with Crippen LogP contribution in [-0.2, 0) is 24.3 Å². The third-order valence-corrected chi connectivity index (χ3v) is 4.52. The average molecular weight is 345 g/mol. The lowest BCUT2D eigenvalue weighted by molar-refractivity contribution is -0.132. The number of hydrogen-bond acceptors (Lipinski definition) is 4. The van der Waals surface area contributed by atoms with Gasteiger partial charge in [0.05, 0.1) is 6.04 Å². The molecule has 0 unspecified atom stereocenters. The molecule has 0 aliphatic rings. The maximum absolute atomic E-state index is 12.6. The number of rotatable bonds is 8. The molecule has 2 aromatic heterocycles. The van der Waals surface area contributed by atoms with Crippen LogP contribution in [0, 0.1) is 0 Å². The molecule has 25 heavy (non-hydrogen) atoms. The van der Waals surface area contributed by atoms with Crippen LogP contribution >= 0.6 is 0 Å². The van der Waals surface area contributed by atoms with Gasteiger partial charge in [0.15, 0.2) is 0 Å². The van der Waals surface area contributed by atoms with Crippen LogP contribution in [0.3, 0.4) is 0 Å². The predicted molar refractivity (Wildman–Crippen MR) is 96.2 cm³/mol. The fraction of sp³-hybridized carbons (Fsp3) is 0.556. The van der Waals surface area contributed by atoms with E-state index >= 15 is 0 Å². The normalized spacial score (nSPS) is 12.2.